The molecular weight excluding hydrogens is 268 g/mol. The molecule has 1 N–H and O–H groups in total. The Bertz CT molecular complexity index is 527. The first-order valence-electron chi connectivity index (χ1n) is 5.65. The lowest BCUT2D eigenvalue weighted by molar-refractivity contribution is -0.384. The Balaban J connectivity index is 2.09. The van der Waals surface area contributed by atoms with E-state index < -0.39 is 4.92 Å². The Morgan fingerprint density at radius 1 is 1.42 bits per heavy atom. The van der Waals surface area contributed by atoms with Crippen LogP contribution in [0.3, 0.4) is 0 Å². The monoisotopic (exact) mass is 280 g/mol. The summed E-state index contributed by atoms with van der Waals surface area (Å²) in [6.45, 7) is 1.97. The summed E-state index contributed by atoms with van der Waals surface area (Å²) in [5.74, 6) is 0.437. The SMILES string of the molecule is CCSC1OC(=O)C=C1Nc1ccc([N+](=O)[O-])cc1. The van der Waals surface area contributed by atoms with Gasteiger partial charge in [0.2, 0.25) is 0 Å². The van der Waals surface area contributed by atoms with Crippen molar-refractivity contribution in [3.8, 4) is 0 Å². The normalized spacial score (nSPS) is 17.8. The Morgan fingerprint density at radius 3 is 2.68 bits per heavy atom. The highest BCUT2D eigenvalue weighted by atomic mass is 32.2. The van der Waals surface area contributed by atoms with Crippen molar-refractivity contribution in [2.45, 2.75) is 12.4 Å². The molecule has 1 atom stereocenters. The first-order chi connectivity index (χ1) is 9.10. The van der Waals surface area contributed by atoms with Gasteiger partial charge in [-0.1, -0.05) is 6.92 Å². The molecule has 1 aliphatic rings. The number of nitrogens with one attached hydrogen (secondary N) is 1. The summed E-state index contributed by atoms with van der Waals surface area (Å²) in [6.07, 6.45) is 1.40. The second-order valence-corrected chi connectivity index (χ2v) is 5.09. The van der Waals surface area contributed by atoms with Crippen LogP contribution in [0.2, 0.25) is 0 Å². The van der Waals surface area contributed by atoms with E-state index in [0.29, 0.717) is 11.4 Å². The summed E-state index contributed by atoms with van der Waals surface area (Å²) < 4.78 is 5.11. The number of cyclic esters (lactones) is 1. The predicted octanol–water partition coefficient (Wildman–Crippen LogP) is 2.53. The van der Waals surface area contributed by atoms with E-state index in [1.807, 2.05) is 6.92 Å². The number of hydrogen-bond acceptors (Lipinski definition) is 6. The average Bonchev–Trinajstić information content (AvgIpc) is 2.71. The molecule has 100 valence electrons. The first kappa shape index (κ1) is 13.4. The number of benzene rings is 1. The van der Waals surface area contributed by atoms with Gasteiger partial charge in [-0.15, -0.1) is 11.8 Å². The van der Waals surface area contributed by atoms with E-state index in [1.54, 1.807) is 12.1 Å². The maximum atomic E-state index is 11.2. The maximum absolute atomic E-state index is 11.2. The van der Waals surface area contributed by atoms with Gasteiger partial charge in [-0.2, -0.15) is 0 Å². The predicted molar refractivity (Wildman–Crippen MR) is 72.8 cm³/mol. The second-order valence-electron chi connectivity index (χ2n) is 3.75. The van der Waals surface area contributed by atoms with Crippen LogP contribution >= 0.6 is 11.8 Å². The fraction of sp³-hybridized carbons (Fsp3) is 0.250. The van der Waals surface area contributed by atoms with E-state index >= 15 is 0 Å². The van der Waals surface area contributed by atoms with Gasteiger partial charge >= 0.3 is 5.97 Å². The standard InChI is InChI=1S/C12H12N2O4S/c1-2-19-12-10(7-11(15)18-12)13-8-3-5-9(6-4-8)14(16)17/h3-7,12-13H,2H2,1H3. The molecule has 0 amide bonds. The highest BCUT2D eigenvalue weighted by Gasteiger charge is 2.26. The summed E-state index contributed by atoms with van der Waals surface area (Å²) in [5, 5.41) is 13.6. The van der Waals surface area contributed by atoms with E-state index in [-0.39, 0.29) is 17.1 Å². The number of ether oxygens (including phenoxy) is 1. The zero-order valence-corrected chi connectivity index (χ0v) is 11.0. The van der Waals surface area contributed by atoms with E-state index in [9.17, 15) is 14.9 Å². The van der Waals surface area contributed by atoms with Gasteiger partial charge in [0.05, 0.1) is 10.6 Å². The summed E-state index contributed by atoms with van der Waals surface area (Å²) >= 11 is 1.50. The van der Waals surface area contributed by atoms with Crippen LogP contribution in [0.4, 0.5) is 11.4 Å². The zero-order chi connectivity index (χ0) is 13.8. The van der Waals surface area contributed by atoms with Crippen molar-refractivity contribution in [3.63, 3.8) is 0 Å². The van der Waals surface area contributed by atoms with Crippen LogP contribution in [0.1, 0.15) is 6.92 Å². The van der Waals surface area contributed by atoms with Crippen LogP contribution in [0.25, 0.3) is 0 Å². The van der Waals surface area contributed by atoms with Crippen molar-refractivity contribution in [1.29, 1.82) is 0 Å². The van der Waals surface area contributed by atoms with Crippen molar-refractivity contribution in [1.82, 2.24) is 0 Å². The van der Waals surface area contributed by atoms with E-state index in [0.717, 1.165) is 5.75 Å². The third-order valence-corrected chi connectivity index (χ3v) is 3.42. The average molecular weight is 280 g/mol. The van der Waals surface area contributed by atoms with Gasteiger partial charge in [-0.3, -0.25) is 10.1 Å². The van der Waals surface area contributed by atoms with Crippen LogP contribution in [0, 0.1) is 10.1 Å². The van der Waals surface area contributed by atoms with Gasteiger partial charge in [0.1, 0.15) is 0 Å². The van der Waals surface area contributed by atoms with Crippen LogP contribution in [-0.2, 0) is 9.53 Å². The molecule has 0 aliphatic carbocycles. The van der Waals surface area contributed by atoms with Gasteiger partial charge in [0.15, 0.2) is 5.44 Å². The minimum absolute atomic E-state index is 0.0257. The number of nitro benzene ring substituents is 1. The first-order valence-corrected chi connectivity index (χ1v) is 6.70. The molecule has 1 heterocycles. The number of nitrogens with zero attached hydrogens (tertiary/aromatic N) is 1. The number of non-ortho nitro benzene ring substituents is 1. The topological polar surface area (TPSA) is 81.5 Å². The molecule has 19 heavy (non-hydrogen) atoms. The summed E-state index contributed by atoms with van der Waals surface area (Å²) in [7, 11) is 0. The number of carbonyl (C=O) groups is 1. The van der Waals surface area contributed by atoms with Gasteiger partial charge in [0, 0.05) is 23.9 Å². The van der Waals surface area contributed by atoms with Gasteiger partial charge < -0.3 is 10.1 Å². The summed E-state index contributed by atoms with van der Waals surface area (Å²) in [4.78, 5) is 21.3. The van der Waals surface area contributed by atoms with Crippen LogP contribution in [0.5, 0.6) is 0 Å². The fourth-order valence-electron chi connectivity index (χ4n) is 1.60. The fourth-order valence-corrected chi connectivity index (χ4v) is 2.37. The van der Waals surface area contributed by atoms with E-state index in [1.165, 1.54) is 30.0 Å². The third kappa shape index (κ3) is 3.25. The molecule has 0 bridgehead atoms. The number of carbonyl (C=O) groups excluding carboxylic acids is 1. The molecular formula is C12H12N2O4S. The lowest BCUT2D eigenvalue weighted by Gasteiger charge is -2.14. The number of hydrogen-bond donors (Lipinski definition) is 1. The maximum Gasteiger partial charge on any atom is 0.334 e. The van der Waals surface area contributed by atoms with Gasteiger partial charge in [-0.05, 0) is 17.9 Å². The molecule has 1 aliphatic heterocycles. The zero-order valence-electron chi connectivity index (χ0n) is 10.2. The van der Waals surface area contributed by atoms with Crippen molar-refractivity contribution in [2.24, 2.45) is 0 Å². The Labute approximate surface area is 114 Å². The number of anilines is 1. The van der Waals surface area contributed by atoms with Crippen LogP contribution in [0.15, 0.2) is 36.0 Å². The Morgan fingerprint density at radius 2 is 2.11 bits per heavy atom. The Kier molecular flexibility index (Phi) is 4.06. The number of thioether (sulfide) groups is 1. The molecule has 2 rings (SSSR count). The lowest BCUT2D eigenvalue weighted by atomic mass is 10.2. The summed E-state index contributed by atoms with van der Waals surface area (Å²) in [6, 6.07) is 6.00. The minimum Gasteiger partial charge on any atom is -0.441 e. The highest BCUT2D eigenvalue weighted by Crippen LogP contribution is 2.27. The molecule has 0 saturated heterocycles. The van der Waals surface area contributed by atoms with Gasteiger partial charge in [-0.25, -0.2) is 4.79 Å². The minimum atomic E-state index is -0.457. The summed E-state index contributed by atoms with van der Waals surface area (Å²) in [5.41, 5.74) is 1.02. The number of rotatable bonds is 5. The molecule has 6 nitrogen and oxygen atoms in total. The molecule has 0 saturated carbocycles. The molecule has 0 radical (unpaired) electrons. The molecule has 7 heteroatoms. The van der Waals surface area contributed by atoms with Crippen LogP contribution < -0.4 is 5.32 Å². The molecule has 0 aromatic heterocycles. The lowest BCUT2D eigenvalue weighted by Crippen LogP contribution is -2.13. The van der Waals surface area contributed by atoms with Crippen molar-refractivity contribution < 1.29 is 14.5 Å². The van der Waals surface area contributed by atoms with Crippen molar-refractivity contribution in [2.75, 3.05) is 11.1 Å². The number of nitro groups is 1. The molecule has 1 unspecified atom stereocenters. The van der Waals surface area contributed by atoms with Crippen molar-refractivity contribution >= 4 is 29.1 Å². The van der Waals surface area contributed by atoms with E-state index in [4.69, 9.17) is 4.74 Å². The third-order valence-electron chi connectivity index (χ3n) is 2.44. The van der Waals surface area contributed by atoms with Crippen molar-refractivity contribution in [3.05, 3.63) is 46.2 Å². The van der Waals surface area contributed by atoms with Crippen LogP contribution in [-0.4, -0.2) is 22.1 Å². The molecule has 1 aromatic carbocycles. The second kappa shape index (κ2) is 5.75. The largest absolute Gasteiger partial charge is 0.441 e. The number of esters is 1. The Hall–Kier alpha value is -2.02. The smallest absolute Gasteiger partial charge is 0.334 e. The van der Waals surface area contributed by atoms with Gasteiger partial charge in [0.25, 0.3) is 5.69 Å². The van der Waals surface area contributed by atoms with E-state index in [2.05, 4.69) is 5.32 Å². The molecule has 0 fully saturated rings. The molecule has 0 spiro atoms. The highest BCUT2D eigenvalue weighted by molar-refractivity contribution is 7.99. The quantitative estimate of drug-likeness (QED) is 0.507. The molecule has 1 aromatic rings.